The van der Waals surface area contributed by atoms with Crippen LogP contribution in [0.5, 0.6) is 0 Å². The molecule has 2 fully saturated rings. The molecule has 2 saturated carbocycles. The van der Waals surface area contributed by atoms with Gasteiger partial charge in [0.15, 0.2) is 0 Å². The standard InChI is InChI=1S/C11H20N2O/c1-2-8-13(10-6-7-10)11(14)12-9-4-3-5-9/h9-10H,2-8H2,1H3,(H,12,14). The molecule has 3 nitrogen and oxygen atoms in total. The summed E-state index contributed by atoms with van der Waals surface area (Å²) in [6.07, 6.45) is 7.11. The van der Waals surface area contributed by atoms with Gasteiger partial charge in [-0.05, 0) is 38.5 Å². The molecule has 0 aliphatic heterocycles. The van der Waals surface area contributed by atoms with E-state index in [0.717, 1.165) is 13.0 Å². The Hall–Kier alpha value is -0.730. The van der Waals surface area contributed by atoms with E-state index >= 15 is 0 Å². The Balaban J connectivity index is 1.79. The van der Waals surface area contributed by atoms with Gasteiger partial charge in [0.25, 0.3) is 0 Å². The van der Waals surface area contributed by atoms with Crippen molar-refractivity contribution >= 4 is 6.03 Å². The Morgan fingerprint density at radius 2 is 2.07 bits per heavy atom. The zero-order chi connectivity index (χ0) is 9.97. The minimum atomic E-state index is 0.180. The largest absolute Gasteiger partial charge is 0.335 e. The zero-order valence-corrected chi connectivity index (χ0v) is 8.96. The molecule has 0 aromatic heterocycles. The second-order valence-corrected chi connectivity index (χ2v) is 4.50. The molecular weight excluding hydrogens is 176 g/mol. The number of carbonyl (C=O) groups excluding carboxylic acids is 1. The highest BCUT2D eigenvalue weighted by Crippen LogP contribution is 2.27. The maximum absolute atomic E-state index is 11.8. The summed E-state index contributed by atoms with van der Waals surface area (Å²) in [5, 5.41) is 3.11. The molecule has 2 aliphatic rings. The molecule has 0 bridgehead atoms. The van der Waals surface area contributed by atoms with Gasteiger partial charge in [-0.25, -0.2) is 4.79 Å². The molecule has 1 N–H and O–H groups in total. The van der Waals surface area contributed by atoms with Gasteiger partial charge in [-0.15, -0.1) is 0 Å². The summed E-state index contributed by atoms with van der Waals surface area (Å²) < 4.78 is 0. The lowest BCUT2D eigenvalue weighted by atomic mass is 9.93. The molecular formula is C11H20N2O. The SMILES string of the molecule is CCCN(C(=O)NC1CCC1)C1CC1. The molecule has 0 spiro atoms. The van der Waals surface area contributed by atoms with E-state index in [4.69, 9.17) is 0 Å². The van der Waals surface area contributed by atoms with E-state index in [-0.39, 0.29) is 6.03 Å². The molecule has 14 heavy (non-hydrogen) atoms. The molecule has 3 heteroatoms. The van der Waals surface area contributed by atoms with E-state index < -0.39 is 0 Å². The van der Waals surface area contributed by atoms with E-state index in [1.54, 1.807) is 0 Å². The van der Waals surface area contributed by atoms with Crippen LogP contribution in [0.1, 0.15) is 45.4 Å². The molecule has 2 aliphatic carbocycles. The Labute approximate surface area is 85.8 Å². The van der Waals surface area contributed by atoms with Gasteiger partial charge in [-0.2, -0.15) is 0 Å². The van der Waals surface area contributed by atoms with Crippen LogP contribution in [0.25, 0.3) is 0 Å². The van der Waals surface area contributed by atoms with Gasteiger partial charge < -0.3 is 10.2 Å². The zero-order valence-electron chi connectivity index (χ0n) is 8.96. The first-order valence-electron chi connectivity index (χ1n) is 5.88. The fraction of sp³-hybridized carbons (Fsp3) is 0.909. The van der Waals surface area contributed by atoms with E-state index in [2.05, 4.69) is 12.2 Å². The van der Waals surface area contributed by atoms with Crippen LogP contribution < -0.4 is 5.32 Å². The first-order chi connectivity index (χ1) is 6.81. The molecule has 0 aromatic carbocycles. The van der Waals surface area contributed by atoms with Gasteiger partial charge in [0.1, 0.15) is 0 Å². The van der Waals surface area contributed by atoms with Crippen molar-refractivity contribution in [2.24, 2.45) is 0 Å². The van der Waals surface area contributed by atoms with Crippen molar-refractivity contribution in [2.45, 2.75) is 57.5 Å². The van der Waals surface area contributed by atoms with Gasteiger partial charge in [0.2, 0.25) is 0 Å². The maximum atomic E-state index is 11.8. The van der Waals surface area contributed by atoms with Crippen LogP contribution in [0, 0.1) is 0 Å². The van der Waals surface area contributed by atoms with E-state index in [9.17, 15) is 4.79 Å². The predicted molar refractivity (Wildman–Crippen MR) is 56.2 cm³/mol. The van der Waals surface area contributed by atoms with Crippen LogP contribution in [-0.2, 0) is 0 Å². The van der Waals surface area contributed by atoms with Gasteiger partial charge in [-0.1, -0.05) is 6.92 Å². The summed E-state index contributed by atoms with van der Waals surface area (Å²) in [5.41, 5.74) is 0. The van der Waals surface area contributed by atoms with Crippen LogP contribution in [0.4, 0.5) is 4.79 Å². The number of amides is 2. The van der Waals surface area contributed by atoms with Crippen LogP contribution in [0.15, 0.2) is 0 Å². The normalized spacial score (nSPS) is 21.5. The highest BCUT2D eigenvalue weighted by Gasteiger charge is 2.33. The number of nitrogens with one attached hydrogen (secondary N) is 1. The van der Waals surface area contributed by atoms with E-state index in [1.165, 1.54) is 32.1 Å². The molecule has 0 heterocycles. The van der Waals surface area contributed by atoms with Crippen molar-refractivity contribution in [2.75, 3.05) is 6.54 Å². The highest BCUT2D eigenvalue weighted by molar-refractivity contribution is 5.75. The highest BCUT2D eigenvalue weighted by atomic mass is 16.2. The van der Waals surface area contributed by atoms with Crippen molar-refractivity contribution in [3.05, 3.63) is 0 Å². The number of urea groups is 1. The number of hydrogen-bond acceptors (Lipinski definition) is 1. The van der Waals surface area contributed by atoms with Crippen molar-refractivity contribution in [3.8, 4) is 0 Å². The third kappa shape index (κ3) is 2.20. The minimum absolute atomic E-state index is 0.180. The third-order valence-electron chi connectivity index (χ3n) is 3.15. The monoisotopic (exact) mass is 196 g/mol. The van der Waals surface area contributed by atoms with Gasteiger partial charge >= 0.3 is 6.03 Å². The summed E-state index contributed by atoms with van der Waals surface area (Å²) in [4.78, 5) is 13.9. The van der Waals surface area contributed by atoms with Crippen LogP contribution in [0.3, 0.4) is 0 Å². The quantitative estimate of drug-likeness (QED) is 0.734. The summed E-state index contributed by atoms with van der Waals surface area (Å²) in [6, 6.07) is 1.20. The third-order valence-corrected chi connectivity index (χ3v) is 3.15. The van der Waals surface area contributed by atoms with Crippen LogP contribution >= 0.6 is 0 Å². The topological polar surface area (TPSA) is 32.3 Å². The van der Waals surface area contributed by atoms with Gasteiger partial charge in [0.05, 0.1) is 0 Å². The second-order valence-electron chi connectivity index (χ2n) is 4.50. The van der Waals surface area contributed by atoms with E-state index in [0.29, 0.717) is 12.1 Å². The van der Waals surface area contributed by atoms with Gasteiger partial charge in [0, 0.05) is 18.6 Å². The Morgan fingerprint density at radius 3 is 2.50 bits per heavy atom. The number of carbonyl (C=O) groups is 1. The maximum Gasteiger partial charge on any atom is 0.317 e. The molecule has 2 rings (SSSR count). The minimum Gasteiger partial charge on any atom is -0.335 e. The van der Waals surface area contributed by atoms with E-state index in [1.807, 2.05) is 4.90 Å². The molecule has 0 saturated heterocycles. The fourth-order valence-electron chi connectivity index (χ4n) is 1.89. The van der Waals surface area contributed by atoms with Crippen molar-refractivity contribution in [1.29, 1.82) is 0 Å². The summed E-state index contributed by atoms with van der Waals surface area (Å²) in [5.74, 6) is 0. The Kier molecular flexibility index (Phi) is 2.94. The second kappa shape index (κ2) is 4.20. The Morgan fingerprint density at radius 1 is 1.36 bits per heavy atom. The van der Waals surface area contributed by atoms with Crippen molar-refractivity contribution in [3.63, 3.8) is 0 Å². The number of rotatable bonds is 4. The van der Waals surface area contributed by atoms with Crippen molar-refractivity contribution < 1.29 is 4.79 Å². The summed E-state index contributed by atoms with van der Waals surface area (Å²) in [7, 11) is 0. The first-order valence-corrected chi connectivity index (χ1v) is 5.88. The first kappa shape index (κ1) is 9.81. The average molecular weight is 196 g/mol. The summed E-state index contributed by atoms with van der Waals surface area (Å²) in [6.45, 7) is 3.05. The smallest absolute Gasteiger partial charge is 0.317 e. The van der Waals surface area contributed by atoms with Crippen molar-refractivity contribution in [1.82, 2.24) is 10.2 Å². The molecule has 0 aromatic rings. The average Bonchev–Trinajstić information content (AvgIpc) is 2.90. The molecule has 2 amide bonds. The molecule has 80 valence electrons. The van der Waals surface area contributed by atoms with Gasteiger partial charge in [-0.3, -0.25) is 0 Å². The number of hydrogen-bond donors (Lipinski definition) is 1. The fourth-order valence-corrected chi connectivity index (χ4v) is 1.89. The predicted octanol–water partition coefficient (Wildman–Crippen LogP) is 2.12. The number of nitrogens with zero attached hydrogens (tertiary/aromatic N) is 1. The summed E-state index contributed by atoms with van der Waals surface area (Å²) >= 11 is 0. The molecule has 0 unspecified atom stereocenters. The lowest BCUT2D eigenvalue weighted by Crippen LogP contribution is -2.48. The van der Waals surface area contributed by atoms with Crippen LogP contribution in [-0.4, -0.2) is 29.6 Å². The lowest BCUT2D eigenvalue weighted by molar-refractivity contribution is 0.183. The molecule has 0 atom stereocenters. The Bertz CT molecular complexity index is 209. The lowest BCUT2D eigenvalue weighted by Gasteiger charge is -2.30. The van der Waals surface area contributed by atoms with Crippen LogP contribution in [0.2, 0.25) is 0 Å². The molecule has 0 radical (unpaired) electrons.